The number of methoxy groups -OCH3 is 1. The fraction of sp³-hybridized carbons (Fsp3) is 0.0909. The number of rotatable bonds is 3. The summed E-state index contributed by atoms with van der Waals surface area (Å²) in [6.07, 6.45) is 1.08. The van der Waals surface area contributed by atoms with E-state index in [9.17, 15) is 14.5 Å². The Morgan fingerprint density at radius 1 is 1.42 bits per heavy atom. The van der Waals surface area contributed by atoms with Crippen LogP contribution in [0.5, 0.6) is 5.75 Å². The molecule has 0 aliphatic heterocycles. The van der Waals surface area contributed by atoms with Gasteiger partial charge < -0.3 is 10.5 Å². The maximum Gasteiger partial charge on any atom is 0.337 e. The molecule has 0 atom stereocenters. The second-order valence-electron chi connectivity index (χ2n) is 3.56. The molecular formula is C11H9FN4O3. The van der Waals surface area contributed by atoms with E-state index in [0.29, 0.717) is 0 Å². The van der Waals surface area contributed by atoms with Gasteiger partial charge in [0.2, 0.25) is 5.82 Å². The molecule has 2 N–H and O–H groups in total. The number of anilines is 1. The Morgan fingerprint density at radius 2 is 2.16 bits per heavy atom. The van der Waals surface area contributed by atoms with E-state index in [1.54, 1.807) is 0 Å². The van der Waals surface area contributed by atoms with Crippen LogP contribution in [0.4, 0.5) is 15.9 Å². The van der Waals surface area contributed by atoms with Crippen LogP contribution in [0.25, 0.3) is 11.3 Å². The topological polar surface area (TPSA) is 104 Å². The number of hydrogen-bond acceptors (Lipinski definition) is 6. The summed E-state index contributed by atoms with van der Waals surface area (Å²) in [6.45, 7) is 0. The zero-order valence-electron chi connectivity index (χ0n) is 9.83. The number of nitrogens with two attached hydrogens (primary N) is 1. The van der Waals surface area contributed by atoms with Crippen molar-refractivity contribution in [1.29, 1.82) is 0 Å². The van der Waals surface area contributed by atoms with Gasteiger partial charge in [0.25, 0.3) is 0 Å². The summed E-state index contributed by atoms with van der Waals surface area (Å²) in [5.74, 6) is -0.883. The van der Waals surface area contributed by atoms with Gasteiger partial charge in [0.05, 0.1) is 12.0 Å². The number of nitro groups is 1. The Bertz CT molecular complexity index is 648. The van der Waals surface area contributed by atoms with Gasteiger partial charge in [-0.15, -0.1) is 0 Å². The van der Waals surface area contributed by atoms with Crippen molar-refractivity contribution in [1.82, 2.24) is 9.97 Å². The summed E-state index contributed by atoms with van der Waals surface area (Å²) in [7, 11) is 1.32. The summed E-state index contributed by atoms with van der Waals surface area (Å²) in [6, 6.07) is 3.90. The molecule has 19 heavy (non-hydrogen) atoms. The smallest absolute Gasteiger partial charge is 0.337 e. The van der Waals surface area contributed by atoms with Crippen LogP contribution in [0.3, 0.4) is 0 Å². The van der Waals surface area contributed by atoms with Crippen LogP contribution in [0.15, 0.2) is 24.5 Å². The molecule has 0 unspecified atom stereocenters. The van der Waals surface area contributed by atoms with Crippen LogP contribution in [0.1, 0.15) is 0 Å². The highest BCUT2D eigenvalue weighted by molar-refractivity contribution is 5.75. The third-order valence-electron chi connectivity index (χ3n) is 2.46. The first-order valence-corrected chi connectivity index (χ1v) is 5.13. The van der Waals surface area contributed by atoms with Crippen molar-refractivity contribution in [2.75, 3.05) is 12.8 Å². The van der Waals surface area contributed by atoms with Crippen LogP contribution in [0.2, 0.25) is 0 Å². The molecule has 0 saturated carbocycles. The lowest BCUT2D eigenvalue weighted by Gasteiger charge is -2.06. The van der Waals surface area contributed by atoms with Crippen LogP contribution in [-0.4, -0.2) is 22.0 Å². The maximum absolute atomic E-state index is 13.6. The molecule has 0 aliphatic carbocycles. The van der Waals surface area contributed by atoms with Crippen LogP contribution >= 0.6 is 0 Å². The molecule has 0 spiro atoms. The number of ether oxygens (including phenoxy) is 1. The van der Waals surface area contributed by atoms with Crippen molar-refractivity contribution in [2.45, 2.75) is 0 Å². The molecule has 0 fully saturated rings. The van der Waals surface area contributed by atoms with Gasteiger partial charge in [-0.05, 0) is 18.2 Å². The molecule has 8 heteroatoms. The van der Waals surface area contributed by atoms with Gasteiger partial charge in [-0.2, -0.15) is 0 Å². The van der Waals surface area contributed by atoms with Gasteiger partial charge in [-0.3, -0.25) is 10.1 Å². The Balaban J connectivity index is 2.62. The summed E-state index contributed by atoms with van der Waals surface area (Å²) in [4.78, 5) is 17.6. The average molecular weight is 264 g/mol. The van der Waals surface area contributed by atoms with Gasteiger partial charge in [-0.25, -0.2) is 14.4 Å². The third-order valence-corrected chi connectivity index (χ3v) is 2.46. The van der Waals surface area contributed by atoms with E-state index in [-0.39, 0.29) is 22.8 Å². The number of halogens is 1. The van der Waals surface area contributed by atoms with Crippen molar-refractivity contribution in [2.24, 2.45) is 0 Å². The molecule has 0 amide bonds. The standard InChI is InChI=1S/C11H9FN4O3/c1-19-8-3-2-6(4-7(8)12)9-10(16(17)18)11(13)15-5-14-9/h2-5H,1H3,(H2,13,14,15). The second kappa shape index (κ2) is 4.84. The first-order valence-electron chi connectivity index (χ1n) is 5.13. The van der Waals surface area contributed by atoms with Crippen molar-refractivity contribution in [3.63, 3.8) is 0 Å². The molecule has 7 nitrogen and oxygen atoms in total. The van der Waals surface area contributed by atoms with E-state index in [4.69, 9.17) is 10.5 Å². The lowest BCUT2D eigenvalue weighted by molar-refractivity contribution is -0.383. The van der Waals surface area contributed by atoms with Crippen LogP contribution < -0.4 is 10.5 Å². The number of aromatic nitrogens is 2. The molecule has 2 rings (SSSR count). The Morgan fingerprint density at radius 3 is 2.74 bits per heavy atom. The van der Waals surface area contributed by atoms with E-state index >= 15 is 0 Å². The normalized spacial score (nSPS) is 10.2. The number of hydrogen-bond donors (Lipinski definition) is 1. The third kappa shape index (κ3) is 2.28. The van der Waals surface area contributed by atoms with E-state index < -0.39 is 16.4 Å². The average Bonchev–Trinajstić information content (AvgIpc) is 2.37. The predicted octanol–water partition coefficient (Wildman–Crippen LogP) is 1.78. The SMILES string of the molecule is COc1ccc(-c2ncnc(N)c2[N+](=O)[O-])cc1F. The van der Waals surface area contributed by atoms with Crippen molar-refractivity contribution >= 4 is 11.5 Å². The van der Waals surface area contributed by atoms with Crippen molar-refractivity contribution in [3.8, 4) is 17.0 Å². The predicted molar refractivity (Wildman–Crippen MR) is 65.0 cm³/mol. The first-order chi connectivity index (χ1) is 9.04. The summed E-state index contributed by atoms with van der Waals surface area (Å²) in [5.41, 5.74) is 5.17. The van der Waals surface area contributed by atoms with E-state index in [2.05, 4.69) is 9.97 Å². The first kappa shape index (κ1) is 12.7. The van der Waals surface area contributed by atoms with Crippen molar-refractivity contribution in [3.05, 3.63) is 40.5 Å². The fourth-order valence-electron chi connectivity index (χ4n) is 1.60. The summed E-state index contributed by atoms with van der Waals surface area (Å²) in [5, 5.41) is 11.0. The Hall–Kier alpha value is -2.77. The largest absolute Gasteiger partial charge is 0.494 e. The zero-order chi connectivity index (χ0) is 14.0. The highest BCUT2D eigenvalue weighted by Crippen LogP contribution is 2.32. The van der Waals surface area contributed by atoms with Crippen molar-refractivity contribution < 1.29 is 14.1 Å². The molecule has 1 aromatic carbocycles. The number of benzene rings is 1. The molecule has 0 radical (unpaired) electrons. The van der Waals surface area contributed by atoms with E-state index in [1.165, 1.54) is 19.2 Å². The maximum atomic E-state index is 13.6. The molecule has 0 saturated heterocycles. The highest BCUT2D eigenvalue weighted by Gasteiger charge is 2.22. The molecular weight excluding hydrogens is 255 g/mol. The molecule has 0 aliphatic rings. The molecule has 1 aromatic heterocycles. The Labute approximate surface area is 107 Å². The molecule has 2 aromatic rings. The van der Waals surface area contributed by atoms with Gasteiger partial charge in [0.1, 0.15) is 6.33 Å². The summed E-state index contributed by atoms with van der Waals surface area (Å²) < 4.78 is 18.4. The summed E-state index contributed by atoms with van der Waals surface area (Å²) >= 11 is 0. The zero-order valence-corrected chi connectivity index (χ0v) is 9.83. The minimum absolute atomic E-state index is 0.0356. The lowest BCUT2D eigenvalue weighted by Crippen LogP contribution is -2.02. The van der Waals surface area contributed by atoms with Crippen LogP contribution in [0, 0.1) is 15.9 Å². The highest BCUT2D eigenvalue weighted by atomic mass is 19.1. The van der Waals surface area contributed by atoms with E-state index in [1.807, 2.05) is 0 Å². The van der Waals surface area contributed by atoms with Gasteiger partial charge in [-0.1, -0.05) is 0 Å². The van der Waals surface area contributed by atoms with E-state index in [0.717, 1.165) is 12.4 Å². The van der Waals surface area contributed by atoms with Gasteiger partial charge in [0.15, 0.2) is 17.3 Å². The molecule has 0 bridgehead atoms. The van der Waals surface area contributed by atoms with Gasteiger partial charge >= 0.3 is 5.69 Å². The second-order valence-corrected chi connectivity index (χ2v) is 3.56. The minimum atomic E-state index is -0.702. The fourth-order valence-corrected chi connectivity index (χ4v) is 1.60. The van der Waals surface area contributed by atoms with Crippen LogP contribution in [-0.2, 0) is 0 Å². The quantitative estimate of drug-likeness (QED) is 0.669. The number of nitrogen functional groups attached to an aromatic ring is 1. The van der Waals surface area contributed by atoms with Gasteiger partial charge in [0, 0.05) is 5.56 Å². The lowest BCUT2D eigenvalue weighted by atomic mass is 10.1. The number of nitrogens with zero attached hydrogens (tertiary/aromatic N) is 3. The molecule has 1 heterocycles. The molecule has 98 valence electrons. The minimum Gasteiger partial charge on any atom is -0.494 e. The Kier molecular flexibility index (Phi) is 3.23. The monoisotopic (exact) mass is 264 g/mol.